The van der Waals surface area contributed by atoms with Crippen LogP contribution in [0.2, 0.25) is 5.02 Å². The van der Waals surface area contributed by atoms with Crippen molar-refractivity contribution in [3.63, 3.8) is 0 Å². The molecule has 1 aromatic heterocycles. The summed E-state index contributed by atoms with van der Waals surface area (Å²) in [4.78, 5) is 29.7. The fourth-order valence-electron chi connectivity index (χ4n) is 4.88. The molecule has 164 valence electrons. The summed E-state index contributed by atoms with van der Waals surface area (Å²) in [5.41, 5.74) is 4.84. The van der Waals surface area contributed by atoms with Crippen molar-refractivity contribution < 1.29 is 44.3 Å². The number of pyridine rings is 1. The third kappa shape index (κ3) is 5.78. The number of aromatic nitrogens is 1. The van der Waals surface area contributed by atoms with Gasteiger partial charge in [0, 0.05) is 51.6 Å². The molecular formula is C23H22Br2ClN2NaO3. The molecule has 1 aromatic carbocycles. The molecule has 32 heavy (non-hydrogen) atoms. The van der Waals surface area contributed by atoms with Crippen molar-refractivity contribution in [1.82, 2.24) is 9.88 Å². The minimum Gasteiger partial charge on any atom is -0.550 e. The van der Waals surface area contributed by atoms with Gasteiger partial charge < -0.3 is 14.8 Å². The molecule has 1 atom stereocenters. The van der Waals surface area contributed by atoms with Gasteiger partial charge in [0.1, 0.15) is 0 Å². The van der Waals surface area contributed by atoms with Crippen LogP contribution in [0, 0.1) is 5.92 Å². The summed E-state index contributed by atoms with van der Waals surface area (Å²) >= 11 is 13.7. The number of rotatable bonds is 4. The van der Waals surface area contributed by atoms with Gasteiger partial charge in [-0.3, -0.25) is 9.78 Å². The van der Waals surface area contributed by atoms with Crippen LogP contribution in [-0.4, -0.2) is 34.8 Å². The Morgan fingerprint density at radius 1 is 1.09 bits per heavy atom. The van der Waals surface area contributed by atoms with E-state index in [1.807, 2.05) is 12.3 Å². The molecule has 1 fully saturated rings. The van der Waals surface area contributed by atoms with Crippen molar-refractivity contribution in [2.24, 2.45) is 5.92 Å². The normalized spacial score (nSPS) is 18.2. The Morgan fingerprint density at radius 2 is 1.78 bits per heavy atom. The minimum absolute atomic E-state index is 0. The molecule has 0 spiro atoms. The first-order valence-electron chi connectivity index (χ1n) is 10.4. The number of nitrogens with zero attached hydrogens (tertiary/aromatic N) is 2. The number of carboxylic acids is 1. The molecule has 1 aliphatic carbocycles. The molecule has 1 saturated heterocycles. The zero-order chi connectivity index (χ0) is 22.1. The fraction of sp³-hybridized carbons (Fsp3) is 0.435. The van der Waals surface area contributed by atoms with Crippen LogP contribution in [0.25, 0.3) is 0 Å². The SMILES string of the molecule is O=C([O-])CCC(=O)N1CCC([C@H]2c3ncc(Br)cc3CCc3cc(Cl)cc(Br)c32)CC1.[Na+]. The van der Waals surface area contributed by atoms with Crippen molar-refractivity contribution in [3.05, 3.63) is 60.7 Å². The maximum Gasteiger partial charge on any atom is 1.00 e. The van der Waals surface area contributed by atoms with E-state index in [0.29, 0.717) is 19.0 Å². The Kier molecular flexibility index (Phi) is 9.26. The van der Waals surface area contributed by atoms with Gasteiger partial charge >= 0.3 is 29.6 Å². The van der Waals surface area contributed by atoms with E-state index in [1.165, 1.54) is 16.7 Å². The van der Waals surface area contributed by atoms with E-state index in [0.717, 1.165) is 45.3 Å². The van der Waals surface area contributed by atoms with Crippen LogP contribution >= 0.6 is 43.5 Å². The summed E-state index contributed by atoms with van der Waals surface area (Å²) < 4.78 is 1.98. The monoisotopic (exact) mass is 590 g/mol. The Morgan fingerprint density at radius 3 is 2.47 bits per heavy atom. The third-order valence-corrected chi connectivity index (χ3v) is 7.63. The van der Waals surface area contributed by atoms with Crippen LogP contribution in [0.3, 0.4) is 0 Å². The van der Waals surface area contributed by atoms with Crippen LogP contribution in [0.4, 0.5) is 0 Å². The van der Waals surface area contributed by atoms with Crippen LogP contribution in [0.5, 0.6) is 0 Å². The number of carbonyl (C=O) groups is 2. The molecule has 0 saturated carbocycles. The summed E-state index contributed by atoms with van der Waals surface area (Å²) in [5.74, 6) is -0.852. The van der Waals surface area contributed by atoms with Gasteiger partial charge in [0.2, 0.25) is 5.91 Å². The summed E-state index contributed by atoms with van der Waals surface area (Å²) in [6, 6.07) is 6.18. The summed E-state index contributed by atoms with van der Waals surface area (Å²) in [5, 5.41) is 11.4. The number of hydrogen-bond donors (Lipinski definition) is 0. The van der Waals surface area contributed by atoms with E-state index >= 15 is 0 Å². The van der Waals surface area contributed by atoms with Gasteiger partial charge in [0.05, 0.1) is 5.69 Å². The first-order valence-corrected chi connectivity index (χ1v) is 12.4. The van der Waals surface area contributed by atoms with E-state index in [-0.39, 0.29) is 54.2 Å². The topological polar surface area (TPSA) is 73.3 Å². The number of carbonyl (C=O) groups excluding carboxylic acids is 2. The summed E-state index contributed by atoms with van der Waals surface area (Å²) in [6.45, 7) is 1.25. The number of aryl methyl sites for hydroxylation is 2. The average Bonchev–Trinajstić information content (AvgIpc) is 2.89. The zero-order valence-electron chi connectivity index (χ0n) is 17.9. The van der Waals surface area contributed by atoms with E-state index < -0.39 is 5.97 Å². The van der Waals surface area contributed by atoms with Gasteiger partial charge in [-0.15, -0.1) is 0 Å². The van der Waals surface area contributed by atoms with Gasteiger partial charge in [-0.1, -0.05) is 27.5 Å². The average molecular weight is 593 g/mol. The molecule has 0 radical (unpaired) electrons. The molecule has 4 rings (SSSR count). The molecule has 9 heteroatoms. The van der Waals surface area contributed by atoms with Gasteiger partial charge in [0.25, 0.3) is 0 Å². The first kappa shape index (κ1) is 26.2. The maximum absolute atomic E-state index is 12.4. The van der Waals surface area contributed by atoms with Crippen molar-refractivity contribution in [2.45, 2.75) is 44.4 Å². The Balaban J connectivity index is 0.00000289. The standard InChI is InChI=1S/C23H23Br2ClN2O3.Na/c24-16-9-15-2-1-14-10-17(26)11-18(25)21(14)22(23(15)27-12-16)13-5-7-28(8-6-13)19(29)3-4-20(30)31;/h9-13,22H,1-8H2,(H,30,31);/q;+1/p-1/t22-;/m1./s1. The largest absolute Gasteiger partial charge is 1.00 e. The predicted octanol–water partition coefficient (Wildman–Crippen LogP) is 1.26. The second-order valence-electron chi connectivity index (χ2n) is 8.23. The van der Waals surface area contributed by atoms with E-state index in [1.54, 1.807) is 4.90 Å². The van der Waals surface area contributed by atoms with Crippen LogP contribution < -0.4 is 34.7 Å². The van der Waals surface area contributed by atoms with Crippen molar-refractivity contribution in [2.75, 3.05) is 13.1 Å². The third-order valence-electron chi connectivity index (χ3n) is 6.32. The molecule has 5 nitrogen and oxygen atoms in total. The van der Waals surface area contributed by atoms with Gasteiger partial charge in [-0.25, -0.2) is 0 Å². The number of benzene rings is 1. The van der Waals surface area contributed by atoms with Crippen LogP contribution in [0.1, 0.15) is 54.0 Å². The maximum atomic E-state index is 12.4. The summed E-state index contributed by atoms with van der Waals surface area (Å²) in [7, 11) is 0. The second kappa shape index (κ2) is 11.3. The molecule has 0 unspecified atom stereocenters. The molecular weight excluding hydrogens is 571 g/mol. The van der Waals surface area contributed by atoms with Gasteiger partial charge in [-0.05, 0) is 88.8 Å². The number of carboxylic acid groups (broad SMARTS) is 1. The smallest absolute Gasteiger partial charge is 0.550 e. The molecule has 2 heterocycles. The zero-order valence-corrected chi connectivity index (χ0v) is 23.8. The van der Waals surface area contributed by atoms with Crippen LogP contribution in [0.15, 0.2) is 33.3 Å². The van der Waals surface area contributed by atoms with Crippen molar-refractivity contribution >= 4 is 55.3 Å². The number of likely N-dealkylation sites (tertiary alicyclic amines) is 1. The molecule has 1 amide bonds. The summed E-state index contributed by atoms with van der Waals surface area (Å²) in [6.07, 6.45) is 5.12. The molecule has 0 bridgehead atoms. The second-order valence-corrected chi connectivity index (χ2v) is 10.4. The molecule has 2 aromatic rings. The predicted molar refractivity (Wildman–Crippen MR) is 124 cm³/mol. The molecule has 2 aliphatic rings. The molecule has 1 aliphatic heterocycles. The van der Waals surface area contributed by atoms with E-state index in [4.69, 9.17) is 16.6 Å². The number of amides is 1. The number of aliphatic carboxylic acids is 1. The van der Waals surface area contributed by atoms with Gasteiger partial charge in [-0.2, -0.15) is 0 Å². The van der Waals surface area contributed by atoms with Gasteiger partial charge in [0.15, 0.2) is 0 Å². The van der Waals surface area contributed by atoms with Crippen LogP contribution in [-0.2, 0) is 22.4 Å². The van der Waals surface area contributed by atoms with E-state index in [2.05, 4.69) is 44.0 Å². The minimum atomic E-state index is -1.18. The van der Waals surface area contributed by atoms with Crippen molar-refractivity contribution in [3.8, 4) is 0 Å². The number of fused-ring (bicyclic) bond motifs is 2. The molecule has 0 N–H and O–H groups in total. The Hall–Kier alpha value is -0.440. The number of hydrogen-bond acceptors (Lipinski definition) is 4. The Labute approximate surface area is 231 Å². The van der Waals surface area contributed by atoms with E-state index in [9.17, 15) is 14.7 Å². The number of piperidine rings is 1. The number of halogens is 3. The Bertz CT molecular complexity index is 1030. The quantitative estimate of drug-likeness (QED) is 0.502. The fourth-order valence-corrected chi connectivity index (χ4v) is 6.38. The first-order chi connectivity index (χ1) is 14.8. The van der Waals surface area contributed by atoms with Crippen molar-refractivity contribution in [1.29, 1.82) is 0 Å².